The molecule has 0 bridgehead atoms. The van der Waals surface area contributed by atoms with E-state index < -0.39 is 0 Å². The van der Waals surface area contributed by atoms with Crippen molar-refractivity contribution < 1.29 is 9.53 Å². The number of piperidine rings is 1. The summed E-state index contributed by atoms with van der Waals surface area (Å²) in [6.45, 7) is 9.22. The second-order valence-corrected chi connectivity index (χ2v) is 8.58. The average Bonchev–Trinajstić information content (AvgIpc) is 3.09. The molecule has 0 N–H and O–H groups in total. The maximum absolute atomic E-state index is 13.2. The summed E-state index contributed by atoms with van der Waals surface area (Å²) in [6.07, 6.45) is 1.64. The van der Waals surface area contributed by atoms with Gasteiger partial charge in [-0.1, -0.05) is 29.8 Å². The van der Waals surface area contributed by atoms with Crippen molar-refractivity contribution in [3.8, 4) is 11.6 Å². The van der Waals surface area contributed by atoms with Crippen LogP contribution in [0, 0.1) is 27.7 Å². The SMILES string of the molecule is Cc1cc(C)n(-c2ccc(Cl)c(C(=O)N3CCC(Oc4c(C)cccc4C)CC3)n2)n1. The van der Waals surface area contributed by atoms with E-state index >= 15 is 0 Å². The van der Waals surface area contributed by atoms with Gasteiger partial charge in [-0.25, -0.2) is 9.67 Å². The molecule has 0 atom stereocenters. The van der Waals surface area contributed by atoms with Crippen LogP contribution in [0.4, 0.5) is 0 Å². The molecule has 2 aromatic heterocycles. The highest BCUT2D eigenvalue weighted by Gasteiger charge is 2.27. The number of para-hydroxylation sites is 1. The number of benzene rings is 1. The summed E-state index contributed by atoms with van der Waals surface area (Å²) in [4.78, 5) is 19.5. The first-order chi connectivity index (χ1) is 14.8. The van der Waals surface area contributed by atoms with Gasteiger partial charge in [0.2, 0.25) is 0 Å². The van der Waals surface area contributed by atoms with Gasteiger partial charge in [0.1, 0.15) is 17.5 Å². The van der Waals surface area contributed by atoms with E-state index in [-0.39, 0.29) is 17.7 Å². The Hall–Kier alpha value is -2.86. The minimum atomic E-state index is -0.154. The number of carbonyl (C=O) groups is 1. The van der Waals surface area contributed by atoms with Gasteiger partial charge in [-0.05, 0) is 57.0 Å². The molecule has 0 radical (unpaired) electrons. The minimum Gasteiger partial charge on any atom is -0.490 e. The molecular formula is C24H27ClN4O2. The van der Waals surface area contributed by atoms with Gasteiger partial charge in [-0.2, -0.15) is 5.10 Å². The third-order valence-corrected chi connectivity index (χ3v) is 5.99. The zero-order chi connectivity index (χ0) is 22.1. The van der Waals surface area contributed by atoms with Crippen LogP contribution in [-0.2, 0) is 0 Å². The number of nitrogens with zero attached hydrogens (tertiary/aromatic N) is 4. The van der Waals surface area contributed by atoms with Gasteiger partial charge >= 0.3 is 0 Å². The van der Waals surface area contributed by atoms with Gasteiger partial charge in [-0.3, -0.25) is 4.79 Å². The highest BCUT2D eigenvalue weighted by atomic mass is 35.5. The molecule has 0 saturated carbocycles. The molecule has 7 heteroatoms. The van der Waals surface area contributed by atoms with E-state index in [9.17, 15) is 4.79 Å². The first-order valence-electron chi connectivity index (χ1n) is 10.6. The summed E-state index contributed by atoms with van der Waals surface area (Å²) in [5, 5.41) is 4.81. The van der Waals surface area contributed by atoms with Gasteiger partial charge in [-0.15, -0.1) is 0 Å². The number of aryl methyl sites for hydroxylation is 4. The smallest absolute Gasteiger partial charge is 0.274 e. The summed E-state index contributed by atoms with van der Waals surface area (Å²) in [5.41, 5.74) is 4.38. The van der Waals surface area contributed by atoms with E-state index in [4.69, 9.17) is 16.3 Å². The molecular weight excluding hydrogens is 412 g/mol. The van der Waals surface area contributed by atoms with Crippen LogP contribution >= 0.6 is 11.6 Å². The van der Waals surface area contributed by atoms with Crippen molar-refractivity contribution in [2.45, 2.75) is 46.6 Å². The number of amides is 1. The van der Waals surface area contributed by atoms with E-state index in [0.29, 0.717) is 23.9 Å². The van der Waals surface area contributed by atoms with Crippen molar-refractivity contribution in [2.24, 2.45) is 0 Å². The highest BCUT2D eigenvalue weighted by molar-refractivity contribution is 6.33. The third-order valence-electron chi connectivity index (χ3n) is 5.68. The zero-order valence-corrected chi connectivity index (χ0v) is 19.1. The maximum atomic E-state index is 13.2. The Balaban J connectivity index is 1.46. The predicted molar refractivity (Wildman–Crippen MR) is 121 cm³/mol. The fourth-order valence-electron chi connectivity index (χ4n) is 4.04. The average molecular weight is 439 g/mol. The van der Waals surface area contributed by atoms with Gasteiger partial charge < -0.3 is 9.64 Å². The Morgan fingerprint density at radius 3 is 2.35 bits per heavy atom. The number of hydrogen-bond donors (Lipinski definition) is 0. The molecule has 1 aliphatic rings. The molecule has 1 aromatic carbocycles. The van der Waals surface area contributed by atoms with Crippen LogP contribution < -0.4 is 4.74 Å². The van der Waals surface area contributed by atoms with Crippen molar-refractivity contribution in [3.05, 3.63) is 69.6 Å². The first-order valence-corrected chi connectivity index (χ1v) is 10.9. The summed E-state index contributed by atoms with van der Waals surface area (Å²) < 4.78 is 8.00. The first kappa shape index (κ1) is 21.4. The van der Waals surface area contributed by atoms with E-state index in [1.165, 1.54) is 0 Å². The molecule has 1 amide bonds. The predicted octanol–water partition coefficient (Wildman–Crippen LogP) is 4.84. The molecule has 31 heavy (non-hydrogen) atoms. The zero-order valence-electron chi connectivity index (χ0n) is 18.4. The van der Waals surface area contributed by atoms with Crippen LogP contribution in [0.1, 0.15) is 45.8 Å². The Kier molecular flexibility index (Phi) is 6.01. The Morgan fingerprint density at radius 1 is 1.06 bits per heavy atom. The topological polar surface area (TPSA) is 60.2 Å². The number of likely N-dealkylation sites (tertiary alicyclic amines) is 1. The number of ether oxygens (including phenoxy) is 1. The largest absolute Gasteiger partial charge is 0.490 e. The van der Waals surface area contributed by atoms with Crippen molar-refractivity contribution in [1.82, 2.24) is 19.7 Å². The molecule has 4 rings (SSSR count). The summed E-state index contributed by atoms with van der Waals surface area (Å²) in [5.74, 6) is 1.39. The number of carbonyl (C=O) groups excluding carboxylic acids is 1. The summed E-state index contributed by atoms with van der Waals surface area (Å²) in [6, 6.07) is 11.6. The molecule has 1 aliphatic heterocycles. The quantitative estimate of drug-likeness (QED) is 0.584. The normalized spacial score (nSPS) is 14.7. The fraction of sp³-hybridized carbons (Fsp3) is 0.375. The lowest BCUT2D eigenvalue weighted by atomic mass is 10.1. The molecule has 3 aromatic rings. The number of aromatic nitrogens is 3. The summed E-state index contributed by atoms with van der Waals surface area (Å²) >= 11 is 6.35. The van der Waals surface area contributed by atoms with Gasteiger partial charge in [0, 0.05) is 31.6 Å². The molecule has 1 saturated heterocycles. The molecule has 3 heterocycles. The van der Waals surface area contributed by atoms with Crippen LogP contribution in [-0.4, -0.2) is 44.8 Å². The molecule has 0 unspecified atom stereocenters. The van der Waals surface area contributed by atoms with Crippen molar-refractivity contribution in [1.29, 1.82) is 0 Å². The lowest BCUT2D eigenvalue weighted by molar-refractivity contribution is 0.0588. The van der Waals surface area contributed by atoms with Crippen LogP contribution in [0.3, 0.4) is 0 Å². The third kappa shape index (κ3) is 4.44. The lowest BCUT2D eigenvalue weighted by Crippen LogP contribution is -2.42. The van der Waals surface area contributed by atoms with Crippen LogP contribution in [0.25, 0.3) is 5.82 Å². The van der Waals surface area contributed by atoms with Crippen LogP contribution in [0.5, 0.6) is 5.75 Å². The number of rotatable bonds is 4. The minimum absolute atomic E-state index is 0.0910. The van der Waals surface area contributed by atoms with Crippen molar-refractivity contribution >= 4 is 17.5 Å². The lowest BCUT2D eigenvalue weighted by Gasteiger charge is -2.32. The van der Waals surface area contributed by atoms with Gasteiger partial charge in [0.25, 0.3) is 5.91 Å². The second-order valence-electron chi connectivity index (χ2n) is 8.17. The second kappa shape index (κ2) is 8.71. The van der Waals surface area contributed by atoms with Crippen molar-refractivity contribution in [3.63, 3.8) is 0 Å². The Labute approximate surface area is 187 Å². The van der Waals surface area contributed by atoms with Crippen LogP contribution in [0.2, 0.25) is 5.02 Å². The van der Waals surface area contributed by atoms with Gasteiger partial charge in [0.15, 0.2) is 5.82 Å². The maximum Gasteiger partial charge on any atom is 0.274 e. The molecule has 0 spiro atoms. The van der Waals surface area contributed by atoms with E-state index in [1.54, 1.807) is 16.8 Å². The highest BCUT2D eigenvalue weighted by Crippen LogP contribution is 2.27. The summed E-state index contributed by atoms with van der Waals surface area (Å²) in [7, 11) is 0. The molecule has 1 fully saturated rings. The number of halogens is 1. The van der Waals surface area contributed by atoms with Gasteiger partial charge in [0.05, 0.1) is 10.7 Å². The Bertz CT molecular complexity index is 1100. The fourth-order valence-corrected chi connectivity index (χ4v) is 4.22. The molecule has 6 nitrogen and oxygen atoms in total. The molecule has 162 valence electrons. The van der Waals surface area contributed by atoms with E-state index in [2.05, 4.69) is 36.1 Å². The van der Waals surface area contributed by atoms with Crippen LogP contribution in [0.15, 0.2) is 36.4 Å². The molecule has 0 aliphatic carbocycles. The standard InChI is InChI=1S/C24H27ClN4O2/c1-15-6-5-7-16(2)23(15)31-19-10-12-28(13-11-19)24(30)22-20(25)8-9-21(26-22)29-18(4)14-17(3)27-29/h5-9,14,19H,10-13H2,1-4H3. The number of hydrogen-bond acceptors (Lipinski definition) is 4. The van der Waals surface area contributed by atoms with Crippen molar-refractivity contribution in [2.75, 3.05) is 13.1 Å². The Morgan fingerprint density at radius 2 is 1.74 bits per heavy atom. The monoisotopic (exact) mass is 438 g/mol. The number of pyridine rings is 1. The van der Waals surface area contributed by atoms with E-state index in [1.807, 2.05) is 30.9 Å². The van der Waals surface area contributed by atoms with E-state index in [0.717, 1.165) is 41.1 Å².